The standard InChI is InChI=1S/C32H19N2O.C5H8O2.Ir/c1-3-9-21(10-4-1)28-19-24(20-29-31(28)34-32(35-29)23-12-5-2-6-13-23)30-27-16-15-22-11-7-8-14-25(22)26(27)17-18-33-30;1-4(6)3-5(2)7;/h1-19H;3,6H,1-2H3;/q-1;;/b;4-3-;. The molecule has 0 fully saturated rings. The van der Waals surface area contributed by atoms with Crippen LogP contribution in [-0.2, 0) is 24.9 Å². The molecular formula is C37H27IrN2O3-. The van der Waals surface area contributed by atoms with E-state index in [9.17, 15) is 4.79 Å². The van der Waals surface area contributed by atoms with Crippen molar-refractivity contribution in [1.82, 2.24) is 9.97 Å². The largest absolute Gasteiger partial charge is 0.512 e. The predicted octanol–water partition coefficient (Wildman–Crippen LogP) is 9.37. The first-order valence-electron chi connectivity index (χ1n) is 13.6. The van der Waals surface area contributed by atoms with Gasteiger partial charge in [-0.1, -0.05) is 96.6 Å². The van der Waals surface area contributed by atoms with Gasteiger partial charge in [0.1, 0.15) is 0 Å². The molecule has 1 radical (unpaired) electrons. The van der Waals surface area contributed by atoms with E-state index in [2.05, 4.69) is 66.7 Å². The molecule has 1 N–H and O–H groups in total. The number of pyridine rings is 1. The number of ketones is 1. The summed E-state index contributed by atoms with van der Waals surface area (Å²) in [6.07, 6.45) is 3.04. The molecule has 0 unspecified atom stereocenters. The van der Waals surface area contributed by atoms with Crippen molar-refractivity contribution in [2.75, 3.05) is 0 Å². The zero-order chi connectivity index (χ0) is 29.1. The molecule has 43 heavy (non-hydrogen) atoms. The number of aliphatic hydroxyl groups is 1. The molecule has 7 rings (SSSR count). The number of aromatic nitrogens is 2. The Labute approximate surface area is 262 Å². The van der Waals surface area contributed by atoms with E-state index in [4.69, 9.17) is 19.5 Å². The molecule has 0 saturated heterocycles. The van der Waals surface area contributed by atoms with Crippen molar-refractivity contribution in [3.8, 4) is 33.8 Å². The van der Waals surface area contributed by atoms with Gasteiger partial charge in [0.05, 0.1) is 11.3 Å². The summed E-state index contributed by atoms with van der Waals surface area (Å²) in [6, 6.07) is 40.7. The van der Waals surface area contributed by atoms with E-state index in [1.807, 2.05) is 54.7 Å². The van der Waals surface area contributed by atoms with E-state index >= 15 is 0 Å². The maximum Gasteiger partial charge on any atom is 0.215 e. The van der Waals surface area contributed by atoms with Crippen LogP contribution < -0.4 is 0 Å². The third-order valence-corrected chi connectivity index (χ3v) is 6.86. The zero-order valence-electron chi connectivity index (χ0n) is 23.5. The van der Waals surface area contributed by atoms with E-state index < -0.39 is 0 Å². The molecule has 0 aliphatic rings. The van der Waals surface area contributed by atoms with E-state index in [1.54, 1.807) is 0 Å². The number of oxazole rings is 1. The molecule has 0 aliphatic heterocycles. The number of carbonyl (C=O) groups excluding carboxylic acids is 1. The maximum absolute atomic E-state index is 10.0. The number of rotatable bonds is 4. The maximum atomic E-state index is 10.0. The number of carbonyl (C=O) groups is 1. The van der Waals surface area contributed by atoms with Gasteiger partial charge in [-0.2, -0.15) is 0 Å². The third kappa shape index (κ3) is 6.31. The predicted molar refractivity (Wildman–Crippen MR) is 169 cm³/mol. The Morgan fingerprint density at radius 1 is 0.791 bits per heavy atom. The number of fused-ring (bicyclic) bond motifs is 4. The molecular weight excluding hydrogens is 713 g/mol. The second kappa shape index (κ2) is 13.0. The quantitative estimate of drug-likeness (QED) is 0.0843. The molecule has 0 atom stereocenters. The van der Waals surface area contributed by atoms with Gasteiger partial charge in [0.15, 0.2) is 5.78 Å². The second-order valence-electron chi connectivity index (χ2n) is 9.96. The van der Waals surface area contributed by atoms with Gasteiger partial charge < -0.3 is 14.5 Å². The summed E-state index contributed by atoms with van der Waals surface area (Å²) in [5, 5.41) is 13.0. The van der Waals surface area contributed by atoms with E-state index in [0.717, 1.165) is 38.9 Å². The van der Waals surface area contributed by atoms with Crippen molar-refractivity contribution in [1.29, 1.82) is 0 Å². The van der Waals surface area contributed by atoms with Crippen LogP contribution in [-0.4, -0.2) is 20.9 Å². The molecule has 5 nitrogen and oxygen atoms in total. The van der Waals surface area contributed by atoms with Crippen LogP contribution in [0.4, 0.5) is 0 Å². The fraction of sp³-hybridized carbons (Fsp3) is 0.0541. The van der Waals surface area contributed by atoms with Gasteiger partial charge >= 0.3 is 0 Å². The minimum Gasteiger partial charge on any atom is -0.512 e. The van der Waals surface area contributed by atoms with Gasteiger partial charge in [0.25, 0.3) is 0 Å². The molecule has 213 valence electrons. The van der Waals surface area contributed by atoms with E-state index in [-0.39, 0.29) is 31.6 Å². The van der Waals surface area contributed by atoms with Crippen molar-refractivity contribution < 1.29 is 34.4 Å². The average molecular weight is 740 g/mol. The molecule has 0 amide bonds. The fourth-order valence-electron chi connectivity index (χ4n) is 5.07. The van der Waals surface area contributed by atoms with Gasteiger partial charge in [0, 0.05) is 43.5 Å². The normalized spacial score (nSPS) is 11.2. The first kappa shape index (κ1) is 29.6. The SMILES string of the molecule is CC(=O)/C=C(/C)O.[Ir].[c-]1c(-c2nccc3c2ccc2ccccc23)cc(-c2ccccc2)c2nc(-c3ccccc3)oc12. The monoisotopic (exact) mass is 740 g/mol. The van der Waals surface area contributed by atoms with Crippen molar-refractivity contribution in [2.24, 2.45) is 0 Å². The van der Waals surface area contributed by atoms with Crippen molar-refractivity contribution in [2.45, 2.75) is 13.8 Å². The van der Waals surface area contributed by atoms with Crippen LogP contribution >= 0.6 is 0 Å². The zero-order valence-corrected chi connectivity index (χ0v) is 25.9. The summed E-state index contributed by atoms with van der Waals surface area (Å²) in [6.45, 7) is 2.85. The number of aliphatic hydroxyl groups excluding tert-OH is 1. The summed E-state index contributed by atoms with van der Waals surface area (Å²) < 4.78 is 6.27. The van der Waals surface area contributed by atoms with E-state index in [1.165, 1.54) is 36.1 Å². The van der Waals surface area contributed by atoms with Gasteiger partial charge in [-0.25, -0.2) is 0 Å². The van der Waals surface area contributed by atoms with Gasteiger partial charge in [-0.05, 0) is 64.8 Å². The van der Waals surface area contributed by atoms with Crippen LogP contribution in [0.2, 0.25) is 0 Å². The molecule has 2 heterocycles. The number of allylic oxidation sites excluding steroid dienone is 2. The van der Waals surface area contributed by atoms with Crippen LogP contribution in [0.3, 0.4) is 0 Å². The fourth-order valence-corrected chi connectivity index (χ4v) is 5.07. The smallest absolute Gasteiger partial charge is 0.215 e. The number of hydrogen-bond acceptors (Lipinski definition) is 5. The Hall–Kier alpha value is -4.90. The number of hydrogen-bond donors (Lipinski definition) is 1. The Morgan fingerprint density at radius 2 is 1.47 bits per heavy atom. The van der Waals surface area contributed by atoms with E-state index in [0.29, 0.717) is 11.5 Å². The first-order chi connectivity index (χ1) is 20.5. The minimum absolute atomic E-state index is 0. The Balaban J connectivity index is 0.000000415. The molecule has 2 aromatic heterocycles. The van der Waals surface area contributed by atoms with Crippen LogP contribution in [0.1, 0.15) is 13.8 Å². The molecule has 0 spiro atoms. The molecule has 7 aromatic rings. The summed E-state index contributed by atoms with van der Waals surface area (Å²) >= 11 is 0. The summed E-state index contributed by atoms with van der Waals surface area (Å²) in [4.78, 5) is 19.7. The van der Waals surface area contributed by atoms with Gasteiger partial charge in [-0.3, -0.25) is 9.78 Å². The summed E-state index contributed by atoms with van der Waals surface area (Å²) in [7, 11) is 0. The van der Waals surface area contributed by atoms with Crippen LogP contribution in [0.25, 0.3) is 66.5 Å². The Bertz CT molecular complexity index is 2080. The van der Waals surface area contributed by atoms with Gasteiger partial charge in [0.2, 0.25) is 5.89 Å². The van der Waals surface area contributed by atoms with Crippen LogP contribution in [0, 0.1) is 6.07 Å². The minimum atomic E-state index is -0.125. The molecule has 0 aliphatic carbocycles. The van der Waals surface area contributed by atoms with Gasteiger partial charge in [-0.15, -0.1) is 11.6 Å². The van der Waals surface area contributed by atoms with Crippen molar-refractivity contribution in [3.05, 3.63) is 133 Å². The molecule has 0 saturated carbocycles. The second-order valence-corrected chi connectivity index (χ2v) is 9.96. The molecule has 0 bridgehead atoms. The third-order valence-electron chi connectivity index (χ3n) is 6.86. The first-order valence-corrected chi connectivity index (χ1v) is 13.6. The topological polar surface area (TPSA) is 76.2 Å². The van der Waals surface area contributed by atoms with Crippen molar-refractivity contribution >= 4 is 38.4 Å². The summed E-state index contributed by atoms with van der Waals surface area (Å²) in [5.41, 5.74) is 6.20. The average Bonchev–Trinajstić information content (AvgIpc) is 3.45. The Kier molecular flexibility index (Phi) is 8.91. The van der Waals surface area contributed by atoms with Crippen LogP contribution in [0.15, 0.2) is 132 Å². The van der Waals surface area contributed by atoms with Crippen LogP contribution in [0.5, 0.6) is 0 Å². The Morgan fingerprint density at radius 3 is 2.14 bits per heavy atom. The molecule has 5 aromatic carbocycles. The number of benzene rings is 5. The van der Waals surface area contributed by atoms with Crippen molar-refractivity contribution in [3.63, 3.8) is 0 Å². The molecule has 6 heteroatoms. The summed E-state index contributed by atoms with van der Waals surface area (Å²) in [5.74, 6) is 0.524. The number of nitrogens with zero attached hydrogens (tertiary/aromatic N) is 2.